The summed E-state index contributed by atoms with van der Waals surface area (Å²) in [4.78, 5) is 14.7. The number of benzene rings is 1. The van der Waals surface area contributed by atoms with E-state index in [-0.39, 0.29) is 23.5 Å². The van der Waals surface area contributed by atoms with E-state index in [1.165, 1.54) is 0 Å². The van der Waals surface area contributed by atoms with Gasteiger partial charge in [-0.25, -0.2) is 13.1 Å². The topological polar surface area (TPSA) is 72.3 Å². The zero-order valence-electron chi connectivity index (χ0n) is 14.9. The number of rotatable bonds is 3. The predicted molar refractivity (Wildman–Crippen MR) is 99.4 cm³/mol. The summed E-state index contributed by atoms with van der Waals surface area (Å²) in [6, 6.07) is 9.60. The molecule has 2 aromatic rings. The number of hydrogen-bond acceptors (Lipinski definition) is 4. The van der Waals surface area contributed by atoms with E-state index < -0.39 is 9.84 Å². The summed E-state index contributed by atoms with van der Waals surface area (Å²) in [5.74, 6) is 0.0443. The highest BCUT2D eigenvalue weighted by molar-refractivity contribution is 7.91. The number of carbonyl (C=O) groups is 1. The van der Waals surface area contributed by atoms with Gasteiger partial charge in [0.15, 0.2) is 15.5 Å². The molecule has 138 valence electrons. The van der Waals surface area contributed by atoms with Gasteiger partial charge in [0.05, 0.1) is 17.2 Å². The highest BCUT2D eigenvalue weighted by Crippen LogP contribution is 2.28. The van der Waals surface area contributed by atoms with Crippen LogP contribution in [0, 0.1) is 0 Å². The molecule has 1 saturated heterocycles. The summed E-state index contributed by atoms with van der Waals surface area (Å²) < 4.78 is 25.4. The van der Waals surface area contributed by atoms with Gasteiger partial charge in [0.1, 0.15) is 0 Å². The fourth-order valence-electron chi connectivity index (χ4n) is 3.97. The number of carbonyl (C=O) groups excluding carboxylic acids is 1. The summed E-state index contributed by atoms with van der Waals surface area (Å²) in [5.41, 5.74) is 3.57. The van der Waals surface area contributed by atoms with E-state index in [1.54, 1.807) is 11.9 Å². The number of hydrogen-bond donors (Lipinski definition) is 0. The first-order valence-corrected chi connectivity index (χ1v) is 10.9. The zero-order valence-corrected chi connectivity index (χ0v) is 15.7. The Kier molecular flexibility index (Phi) is 4.34. The lowest BCUT2D eigenvalue weighted by Gasteiger charge is -2.23. The fourth-order valence-corrected chi connectivity index (χ4v) is 5.74. The molecule has 1 aliphatic heterocycles. The molecule has 1 aromatic carbocycles. The maximum Gasteiger partial charge on any atom is 0.274 e. The molecule has 26 heavy (non-hydrogen) atoms. The first-order chi connectivity index (χ1) is 12.5. The minimum absolute atomic E-state index is 0.0524. The van der Waals surface area contributed by atoms with E-state index in [0.717, 1.165) is 42.6 Å². The average molecular weight is 373 g/mol. The van der Waals surface area contributed by atoms with Crippen LogP contribution in [0.1, 0.15) is 41.0 Å². The predicted octanol–water partition coefficient (Wildman–Crippen LogP) is 2.01. The molecule has 0 bridgehead atoms. The Balaban J connectivity index is 1.70. The Labute approximate surface area is 153 Å². The van der Waals surface area contributed by atoms with Crippen molar-refractivity contribution in [2.24, 2.45) is 0 Å². The van der Waals surface area contributed by atoms with Crippen LogP contribution in [-0.2, 0) is 22.7 Å². The molecule has 2 heterocycles. The van der Waals surface area contributed by atoms with Crippen LogP contribution >= 0.6 is 0 Å². The van der Waals surface area contributed by atoms with Gasteiger partial charge in [0, 0.05) is 24.3 Å². The van der Waals surface area contributed by atoms with Crippen LogP contribution in [-0.4, -0.2) is 53.6 Å². The van der Waals surface area contributed by atoms with Crippen LogP contribution in [0.2, 0.25) is 0 Å². The van der Waals surface area contributed by atoms with Gasteiger partial charge in [-0.15, -0.1) is 0 Å². The maximum absolute atomic E-state index is 13.1. The second-order valence-electron chi connectivity index (χ2n) is 7.20. The molecular weight excluding hydrogens is 350 g/mol. The average Bonchev–Trinajstić information content (AvgIpc) is 3.21. The molecular formula is C19H23N3O3S. The quantitative estimate of drug-likeness (QED) is 0.825. The Morgan fingerprint density at radius 2 is 1.92 bits per heavy atom. The lowest BCUT2D eigenvalue weighted by Crippen LogP contribution is -2.38. The highest BCUT2D eigenvalue weighted by atomic mass is 32.2. The number of para-hydroxylation sites is 1. The SMILES string of the molecule is CN(C(=O)c1nn(-c2ccccc2)c2c1CCCC2)C1CCS(=O)(=O)C1. The third kappa shape index (κ3) is 3.05. The minimum atomic E-state index is -3.03. The maximum atomic E-state index is 13.1. The molecule has 7 heteroatoms. The van der Waals surface area contributed by atoms with Crippen molar-refractivity contribution in [1.29, 1.82) is 0 Å². The van der Waals surface area contributed by atoms with Crippen molar-refractivity contribution < 1.29 is 13.2 Å². The van der Waals surface area contributed by atoms with Gasteiger partial charge >= 0.3 is 0 Å². The molecule has 1 amide bonds. The zero-order chi connectivity index (χ0) is 18.3. The molecule has 1 unspecified atom stereocenters. The molecule has 6 nitrogen and oxygen atoms in total. The van der Waals surface area contributed by atoms with Gasteiger partial charge in [-0.3, -0.25) is 4.79 Å². The summed E-state index contributed by atoms with van der Waals surface area (Å²) in [7, 11) is -1.33. The van der Waals surface area contributed by atoms with E-state index in [2.05, 4.69) is 5.10 Å². The van der Waals surface area contributed by atoms with Crippen molar-refractivity contribution in [2.75, 3.05) is 18.6 Å². The summed E-state index contributed by atoms with van der Waals surface area (Å²) in [5, 5.41) is 4.67. The standard InChI is InChI=1S/C19H23N3O3S/c1-21(15-11-12-26(24,25)13-15)19(23)18-16-9-5-6-10-17(16)22(20-18)14-7-3-2-4-8-14/h2-4,7-8,15H,5-6,9-13H2,1H3. The van der Waals surface area contributed by atoms with Crippen molar-refractivity contribution in [1.82, 2.24) is 14.7 Å². The molecule has 4 rings (SSSR count). The van der Waals surface area contributed by atoms with Gasteiger partial charge in [-0.1, -0.05) is 18.2 Å². The van der Waals surface area contributed by atoms with Gasteiger partial charge in [0.2, 0.25) is 0 Å². The van der Waals surface area contributed by atoms with Crippen LogP contribution in [0.5, 0.6) is 0 Å². The van der Waals surface area contributed by atoms with Crippen LogP contribution < -0.4 is 0 Å². The number of aromatic nitrogens is 2. The lowest BCUT2D eigenvalue weighted by atomic mass is 9.95. The van der Waals surface area contributed by atoms with E-state index >= 15 is 0 Å². The van der Waals surface area contributed by atoms with Crippen LogP contribution in [0.25, 0.3) is 5.69 Å². The first-order valence-electron chi connectivity index (χ1n) is 9.10. The molecule has 0 saturated carbocycles. The van der Waals surface area contributed by atoms with E-state index in [4.69, 9.17) is 0 Å². The Bertz CT molecular complexity index is 934. The molecule has 1 aromatic heterocycles. The largest absolute Gasteiger partial charge is 0.336 e. The van der Waals surface area contributed by atoms with Crippen LogP contribution in [0.4, 0.5) is 0 Å². The molecule has 0 N–H and O–H groups in total. The number of fused-ring (bicyclic) bond motifs is 1. The van der Waals surface area contributed by atoms with Crippen LogP contribution in [0.3, 0.4) is 0 Å². The van der Waals surface area contributed by atoms with E-state index in [1.807, 2.05) is 35.0 Å². The van der Waals surface area contributed by atoms with Gasteiger partial charge < -0.3 is 4.90 Å². The van der Waals surface area contributed by atoms with E-state index in [0.29, 0.717) is 12.1 Å². The van der Waals surface area contributed by atoms with Gasteiger partial charge in [0.25, 0.3) is 5.91 Å². The Morgan fingerprint density at radius 1 is 1.19 bits per heavy atom. The molecule has 0 spiro atoms. The summed E-state index contributed by atoms with van der Waals surface area (Å²) in [6.07, 6.45) is 4.41. The molecule has 1 aliphatic carbocycles. The van der Waals surface area contributed by atoms with Crippen molar-refractivity contribution in [3.63, 3.8) is 0 Å². The fraction of sp³-hybridized carbons (Fsp3) is 0.474. The second-order valence-corrected chi connectivity index (χ2v) is 9.43. The molecule has 1 fully saturated rings. The van der Waals surface area contributed by atoms with Gasteiger partial charge in [-0.2, -0.15) is 5.10 Å². The van der Waals surface area contributed by atoms with Crippen LogP contribution in [0.15, 0.2) is 30.3 Å². The van der Waals surface area contributed by atoms with Crippen molar-refractivity contribution in [3.8, 4) is 5.69 Å². The highest BCUT2D eigenvalue weighted by Gasteiger charge is 2.35. The third-order valence-corrected chi connectivity index (χ3v) is 7.21. The first kappa shape index (κ1) is 17.3. The van der Waals surface area contributed by atoms with E-state index in [9.17, 15) is 13.2 Å². The normalized spacial score (nSPS) is 21.3. The number of amides is 1. The Morgan fingerprint density at radius 3 is 2.62 bits per heavy atom. The van der Waals surface area contributed by atoms with Crippen molar-refractivity contribution >= 4 is 15.7 Å². The summed E-state index contributed by atoms with van der Waals surface area (Å²) in [6.45, 7) is 0. The van der Waals surface area contributed by atoms with Crippen molar-refractivity contribution in [3.05, 3.63) is 47.3 Å². The second kappa shape index (κ2) is 6.54. The summed E-state index contributed by atoms with van der Waals surface area (Å²) >= 11 is 0. The number of nitrogens with zero attached hydrogens (tertiary/aromatic N) is 3. The molecule has 1 atom stereocenters. The lowest BCUT2D eigenvalue weighted by molar-refractivity contribution is 0.0740. The van der Waals surface area contributed by atoms with Gasteiger partial charge in [-0.05, 0) is 44.2 Å². The Hall–Kier alpha value is -2.15. The monoisotopic (exact) mass is 373 g/mol. The minimum Gasteiger partial charge on any atom is -0.336 e. The molecule has 0 radical (unpaired) electrons. The van der Waals surface area contributed by atoms with Crippen molar-refractivity contribution in [2.45, 2.75) is 38.1 Å². The smallest absolute Gasteiger partial charge is 0.274 e. The number of sulfone groups is 1. The third-order valence-electron chi connectivity index (χ3n) is 5.46. The molecule has 2 aliphatic rings.